The van der Waals surface area contributed by atoms with Crippen LogP contribution < -0.4 is 10.0 Å². The highest BCUT2D eigenvalue weighted by atomic mass is 32.2. The highest BCUT2D eigenvalue weighted by Gasteiger charge is 2.24. The molecule has 2 N–H and O–H groups in total. The van der Waals surface area contributed by atoms with Crippen molar-refractivity contribution in [2.75, 3.05) is 18.0 Å². The Bertz CT molecular complexity index is 675. The molecule has 0 radical (unpaired) electrons. The van der Waals surface area contributed by atoms with E-state index in [0.29, 0.717) is 11.6 Å². The van der Waals surface area contributed by atoms with Crippen LogP contribution in [0.1, 0.15) is 39.0 Å². The first-order valence-electron chi connectivity index (χ1n) is 7.89. The van der Waals surface area contributed by atoms with Gasteiger partial charge in [0.15, 0.2) is 0 Å². The van der Waals surface area contributed by atoms with Crippen LogP contribution in [-0.2, 0) is 10.0 Å². The Morgan fingerprint density at radius 1 is 1.35 bits per heavy atom. The van der Waals surface area contributed by atoms with Gasteiger partial charge in [-0.3, -0.25) is 10.1 Å². The van der Waals surface area contributed by atoms with Gasteiger partial charge in [-0.1, -0.05) is 19.8 Å². The summed E-state index contributed by atoms with van der Waals surface area (Å²) in [5.41, 5.74) is 0.201. The van der Waals surface area contributed by atoms with E-state index in [-0.39, 0.29) is 10.6 Å². The molecule has 2 rings (SSSR count). The molecule has 1 aliphatic rings. The summed E-state index contributed by atoms with van der Waals surface area (Å²) in [6.45, 7) is 3.64. The van der Waals surface area contributed by atoms with Crippen molar-refractivity contribution in [1.29, 1.82) is 0 Å². The number of hydrogen-bond acceptors (Lipinski definition) is 5. The molecule has 128 valence electrons. The Balaban J connectivity index is 2.33. The van der Waals surface area contributed by atoms with E-state index < -0.39 is 14.9 Å². The molecule has 0 aromatic heterocycles. The lowest BCUT2D eigenvalue weighted by Gasteiger charge is -2.24. The van der Waals surface area contributed by atoms with Gasteiger partial charge in [-0.15, -0.1) is 0 Å². The minimum atomic E-state index is -4.02. The first-order chi connectivity index (χ1) is 10.8. The van der Waals surface area contributed by atoms with E-state index in [1.165, 1.54) is 18.6 Å². The Morgan fingerprint density at radius 3 is 2.70 bits per heavy atom. The third kappa shape index (κ3) is 4.42. The molecule has 1 aliphatic heterocycles. The van der Waals surface area contributed by atoms with E-state index >= 15 is 0 Å². The van der Waals surface area contributed by atoms with Gasteiger partial charge in [0.25, 0.3) is 5.69 Å². The van der Waals surface area contributed by atoms with Crippen molar-refractivity contribution in [3.05, 3.63) is 28.3 Å². The average Bonchev–Trinajstić information content (AvgIpc) is 2.72. The summed E-state index contributed by atoms with van der Waals surface area (Å²) in [4.78, 5) is 12.1. The number of nitro benzene ring substituents is 1. The Morgan fingerprint density at radius 2 is 2.09 bits per heavy atom. The van der Waals surface area contributed by atoms with Crippen molar-refractivity contribution in [2.24, 2.45) is 11.1 Å². The van der Waals surface area contributed by atoms with Gasteiger partial charge in [0.05, 0.1) is 10.6 Å². The van der Waals surface area contributed by atoms with Crippen LogP contribution in [0.15, 0.2) is 23.1 Å². The van der Waals surface area contributed by atoms with E-state index in [1.807, 2.05) is 4.90 Å². The summed E-state index contributed by atoms with van der Waals surface area (Å²) >= 11 is 0. The standard InChI is InChI=1S/C15H23N3O4S/c1-2-4-12-5-3-9-17(10-8-12)14-7-6-13(18(19)20)11-15(14)23(16,21)22/h6-7,11-12H,2-5,8-10H2,1H3,(H2,16,21,22)/t12-/m0/s1. The van der Waals surface area contributed by atoms with E-state index in [0.717, 1.165) is 44.8 Å². The van der Waals surface area contributed by atoms with E-state index in [4.69, 9.17) is 5.14 Å². The highest BCUT2D eigenvalue weighted by Crippen LogP contribution is 2.32. The second kappa shape index (κ2) is 7.27. The molecule has 0 saturated carbocycles. The lowest BCUT2D eigenvalue weighted by Crippen LogP contribution is -2.27. The van der Waals surface area contributed by atoms with Crippen LogP contribution >= 0.6 is 0 Å². The fraction of sp³-hybridized carbons (Fsp3) is 0.600. The maximum Gasteiger partial charge on any atom is 0.270 e. The normalized spacial score (nSPS) is 19.4. The molecule has 1 saturated heterocycles. The lowest BCUT2D eigenvalue weighted by atomic mass is 9.96. The van der Waals surface area contributed by atoms with Crippen LogP contribution in [0.2, 0.25) is 0 Å². The summed E-state index contributed by atoms with van der Waals surface area (Å²) in [7, 11) is -4.02. The van der Waals surface area contributed by atoms with E-state index in [1.54, 1.807) is 0 Å². The van der Waals surface area contributed by atoms with Crippen molar-refractivity contribution in [3.8, 4) is 0 Å². The summed E-state index contributed by atoms with van der Waals surface area (Å²) < 4.78 is 23.7. The van der Waals surface area contributed by atoms with Crippen LogP contribution in [0, 0.1) is 16.0 Å². The third-order valence-electron chi connectivity index (χ3n) is 4.35. The predicted molar refractivity (Wildman–Crippen MR) is 88.9 cm³/mol. The SMILES string of the molecule is CCC[C@H]1CCCN(c2ccc([N+](=O)[O-])cc2S(N)(=O)=O)CC1. The zero-order valence-corrected chi connectivity index (χ0v) is 14.1. The quantitative estimate of drug-likeness (QED) is 0.654. The number of rotatable bonds is 5. The fourth-order valence-corrected chi connectivity index (χ4v) is 3.98. The van der Waals surface area contributed by atoms with Crippen LogP contribution in [-0.4, -0.2) is 26.4 Å². The second-order valence-corrected chi connectivity index (χ2v) is 7.56. The molecule has 0 amide bonds. The molecule has 1 fully saturated rings. The maximum atomic E-state index is 11.9. The summed E-state index contributed by atoms with van der Waals surface area (Å²) in [6, 6.07) is 3.88. The molecule has 0 bridgehead atoms. The molecule has 1 atom stereocenters. The van der Waals surface area contributed by atoms with Gasteiger partial charge in [0.1, 0.15) is 4.90 Å². The zero-order valence-electron chi connectivity index (χ0n) is 13.3. The monoisotopic (exact) mass is 341 g/mol. The summed E-state index contributed by atoms with van der Waals surface area (Å²) in [5, 5.41) is 16.2. The van der Waals surface area contributed by atoms with Gasteiger partial charge in [-0.05, 0) is 31.2 Å². The first-order valence-corrected chi connectivity index (χ1v) is 9.43. The van der Waals surface area contributed by atoms with E-state index in [2.05, 4.69) is 6.92 Å². The number of non-ortho nitro benzene ring substituents is 1. The summed E-state index contributed by atoms with van der Waals surface area (Å²) in [6.07, 6.45) is 5.42. The largest absolute Gasteiger partial charge is 0.370 e. The maximum absolute atomic E-state index is 11.9. The number of anilines is 1. The van der Waals surface area contributed by atoms with Gasteiger partial charge in [-0.25, -0.2) is 13.6 Å². The van der Waals surface area contributed by atoms with Crippen molar-refractivity contribution >= 4 is 21.4 Å². The van der Waals surface area contributed by atoms with Crippen molar-refractivity contribution < 1.29 is 13.3 Å². The predicted octanol–water partition coefficient (Wildman–Crippen LogP) is 2.65. The molecule has 23 heavy (non-hydrogen) atoms. The molecule has 8 heteroatoms. The van der Waals surface area contributed by atoms with Gasteiger partial charge in [-0.2, -0.15) is 0 Å². The number of hydrogen-bond donors (Lipinski definition) is 1. The van der Waals surface area contributed by atoms with Gasteiger partial charge >= 0.3 is 0 Å². The molecule has 0 aliphatic carbocycles. The Labute approximate surface area is 136 Å². The van der Waals surface area contributed by atoms with Gasteiger partial charge in [0.2, 0.25) is 10.0 Å². The topological polar surface area (TPSA) is 107 Å². The minimum Gasteiger partial charge on any atom is -0.370 e. The molecule has 1 aromatic rings. The number of benzene rings is 1. The minimum absolute atomic E-state index is 0.166. The first kappa shape index (κ1) is 17.7. The number of sulfonamides is 1. The second-order valence-electron chi connectivity index (χ2n) is 6.03. The Kier molecular flexibility index (Phi) is 5.59. The van der Waals surface area contributed by atoms with Crippen LogP contribution in [0.5, 0.6) is 0 Å². The van der Waals surface area contributed by atoms with Crippen LogP contribution in [0.25, 0.3) is 0 Å². The molecular formula is C15H23N3O4S. The van der Waals surface area contributed by atoms with Gasteiger partial charge in [0, 0.05) is 25.2 Å². The van der Waals surface area contributed by atoms with Crippen molar-refractivity contribution in [3.63, 3.8) is 0 Å². The molecule has 7 nitrogen and oxygen atoms in total. The average molecular weight is 341 g/mol. The number of nitrogens with zero attached hydrogens (tertiary/aromatic N) is 2. The number of primary sulfonamides is 1. The van der Waals surface area contributed by atoms with Crippen LogP contribution in [0.3, 0.4) is 0 Å². The van der Waals surface area contributed by atoms with Crippen LogP contribution in [0.4, 0.5) is 11.4 Å². The summed E-state index contributed by atoms with van der Waals surface area (Å²) in [5.74, 6) is 0.654. The Hall–Kier alpha value is -1.67. The van der Waals surface area contributed by atoms with E-state index in [9.17, 15) is 18.5 Å². The highest BCUT2D eigenvalue weighted by molar-refractivity contribution is 7.89. The molecule has 0 spiro atoms. The lowest BCUT2D eigenvalue weighted by molar-refractivity contribution is -0.385. The third-order valence-corrected chi connectivity index (χ3v) is 5.29. The number of nitrogens with two attached hydrogens (primary N) is 1. The van der Waals surface area contributed by atoms with Crippen molar-refractivity contribution in [2.45, 2.75) is 43.9 Å². The molecule has 1 aromatic carbocycles. The zero-order chi connectivity index (χ0) is 17.0. The smallest absolute Gasteiger partial charge is 0.270 e. The van der Waals surface area contributed by atoms with Gasteiger partial charge < -0.3 is 4.90 Å². The molecular weight excluding hydrogens is 318 g/mol. The molecule has 0 unspecified atom stereocenters. The fourth-order valence-electron chi connectivity index (χ4n) is 3.21. The molecule has 1 heterocycles. The van der Waals surface area contributed by atoms with Crippen molar-refractivity contribution in [1.82, 2.24) is 0 Å². The number of nitro groups is 1.